The van der Waals surface area contributed by atoms with Gasteiger partial charge in [0.15, 0.2) is 0 Å². The first-order valence-corrected chi connectivity index (χ1v) is 8.26. The van der Waals surface area contributed by atoms with Crippen molar-refractivity contribution in [2.75, 3.05) is 44.2 Å². The minimum Gasteiger partial charge on any atom is -0.506 e. The summed E-state index contributed by atoms with van der Waals surface area (Å²) in [6.45, 7) is 5.78. The van der Waals surface area contributed by atoms with Crippen LogP contribution < -0.4 is 9.64 Å². The van der Waals surface area contributed by atoms with Gasteiger partial charge in [0, 0.05) is 32.7 Å². The molecule has 0 spiro atoms. The summed E-state index contributed by atoms with van der Waals surface area (Å²) in [5, 5.41) is 9.94. The molecule has 4 nitrogen and oxygen atoms in total. The van der Waals surface area contributed by atoms with E-state index >= 15 is 0 Å². The lowest BCUT2D eigenvalue weighted by Crippen LogP contribution is -2.46. The van der Waals surface area contributed by atoms with Crippen LogP contribution in [0.15, 0.2) is 54.6 Å². The Kier molecular flexibility index (Phi) is 5.37. The lowest BCUT2D eigenvalue weighted by atomic mass is 10.2. The second kappa shape index (κ2) is 7.88. The molecular formula is C19H24N2O2. The lowest BCUT2D eigenvalue weighted by molar-refractivity contribution is 0.224. The van der Waals surface area contributed by atoms with Gasteiger partial charge in [-0.05, 0) is 30.7 Å². The maximum absolute atomic E-state index is 9.94. The highest BCUT2D eigenvalue weighted by molar-refractivity contribution is 5.57. The fraction of sp³-hybridized carbons (Fsp3) is 0.368. The summed E-state index contributed by atoms with van der Waals surface area (Å²) in [7, 11) is 0. The molecule has 3 rings (SSSR count). The first-order chi connectivity index (χ1) is 11.3. The molecule has 23 heavy (non-hydrogen) atoms. The van der Waals surface area contributed by atoms with E-state index in [-0.39, 0.29) is 0 Å². The van der Waals surface area contributed by atoms with Crippen LogP contribution in [-0.2, 0) is 0 Å². The van der Waals surface area contributed by atoms with Gasteiger partial charge in [-0.1, -0.05) is 30.3 Å². The molecular weight excluding hydrogens is 288 g/mol. The van der Waals surface area contributed by atoms with E-state index in [1.807, 2.05) is 48.5 Å². The highest BCUT2D eigenvalue weighted by atomic mass is 16.5. The molecule has 2 aromatic carbocycles. The number of piperazine rings is 1. The standard InChI is InChI=1S/C19H24N2O2/c22-19-10-5-4-9-18(19)21-14-12-20(13-15-21)11-6-16-23-17-7-2-1-3-8-17/h1-5,7-10,22H,6,11-16H2. The molecule has 0 bridgehead atoms. The number of aromatic hydroxyl groups is 1. The van der Waals surface area contributed by atoms with Gasteiger partial charge in [-0.2, -0.15) is 0 Å². The molecule has 0 amide bonds. The highest BCUT2D eigenvalue weighted by Gasteiger charge is 2.18. The SMILES string of the molecule is Oc1ccccc1N1CCN(CCCOc2ccccc2)CC1. The fourth-order valence-electron chi connectivity index (χ4n) is 2.94. The topological polar surface area (TPSA) is 35.9 Å². The zero-order chi connectivity index (χ0) is 15.9. The van der Waals surface area contributed by atoms with Crippen LogP contribution in [0.4, 0.5) is 5.69 Å². The second-order valence-corrected chi connectivity index (χ2v) is 5.83. The lowest BCUT2D eigenvalue weighted by Gasteiger charge is -2.36. The van der Waals surface area contributed by atoms with Crippen LogP contribution in [0.2, 0.25) is 0 Å². The van der Waals surface area contributed by atoms with E-state index in [1.54, 1.807) is 6.07 Å². The summed E-state index contributed by atoms with van der Waals surface area (Å²) in [5.41, 5.74) is 0.944. The number of ether oxygens (including phenoxy) is 1. The molecule has 1 N–H and O–H groups in total. The maximum Gasteiger partial charge on any atom is 0.138 e. The van der Waals surface area contributed by atoms with Gasteiger partial charge in [-0.15, -0.1) is 0 Å². The normalized spacial score (nSPS) is 15.6. The van der Waals surface area contributed by atoms with Crippen LogP contribution in [0.1, 0.15) is 6.42 Å². The van der Waals surface area contributed by atoms with Crippen molar-refractivity contribution in [1.29, 1.82) is 0 Å². The number of rotatable bonds is 6. The molecule has 122 valence electrons. The highest BCUT2D eigenvalue weighted by Crippen LogP contribution is 2.27. The predicted octanol–water partition coefficient (Wildman–Crippen LogP) is 2.98. The van der Waals surface area contributed by atoms with E-state index in [4.69, 9.17) is 4.74 Å². The van der Waals surface area contributed by atoms with E-state index in [9.17, 15) is 5.11 Å². The van der Waals surface area contributed by atoms with E-state index in [0.29, 0.717) is 5.75 Å². The van der Waals surface area contributed by atoms with Crippen LogP contribution in [0.5, 0.6) is 11.5 Å². The Morgan fingerprint density at radius 2 is 1.57 bits per heavy atom. The van der Waals surface area contributed by atoms with Gasteiger partial charge in [0.05, 0.1) is 12.3 Å². The first kappa shape index (κ1) is 15.7. The van der Waals surface area contributed by atoms with Crippen molar-refractivity contribution in [3.05, 3.63) is 54.6 Å². The first-order valence-electron chi connectivity index (χ1n) is 8.26. The third-order valence-electron chi connectivity index (χ3n) is 4.23. The van der Waals surface area contributed by atoms with Crippen molar-refractivity contribution < 1.29 is 9.84 Å². The van der Waals surface area contributed by atoms with Crippen LogP contribution in [0.25, 0.3) is 0 Å². The number of para-hydroxylation sites is 3. The maximum atomic E-state index is 9.94. The molecule has 1 saturated heterocycles. The van der Waals surface area contributed by atoms with Gasteiger partial charge < -0.3 is 14.7 Å². The number of phenols is 1. The third-order valence-corrected chi connectivity index (χ3v) is 4.23. The Morgan fingerprint density at radius 3 is 2.30 bits per heavy atom. The van der Waals surface area contributed by atoms with Crippen molar-refractivity contribution in [2.24, 2.45) is 0 Å². The van der Waals surface area contributed by atoms with E-state index in [0.717, 1.165) is 57.2 Å². The van der Waals surface area contributed by atoms with Crippen molar-refractivity contribution in [3.8, 4) is 11.5 Å². The number of hydrogen-bond acceptors (Lipinski definition) is 4. The summed E-state index contributed by atoms with van der Waals surface area (Å²) < 4.78 is 5.73. The van der Waals surface area contributed by atoms with E-state index in [1.165, 1.54) is 0 Å². The molecule has 0 aromatic heterocycles. The molecule has 2 aromatic rings. The summed E-state index contributed by atoms with van der Waals surface area (Å²) in [6.07, 6.45) is 1.03. The van der Waals surface area contributed by atoms with Gasteiger partial charge in [0.25, 0.3) is 0 Å². The van der Waals surface area contributed by atoms with Crippen LogP contribution >= 0.6 is 0 Å². The van der Waals surface area contributed by atoms with Gasteiger partial charge in [0.2, 0.25) is 0 Å². The average Bonchev–Trinajstić information content (AvgIpc) is 2.61. The number of anilines is 1. The average molecular weight is 312 g/mol. The van der Waals surface area contributed by atoms with Crippen molar-refractivity contribution in [1.82, 2.24) is 4.90 Å². The summed E-state index contributed by atoms with van der Waals surface area (Å²) in [5.74, 6) is 1.31. The number of phenolic OH excluding ortho intramolecular Hbond substituents is 1. The fourth-order valence-corrected chi connectivity index (χ4v) is 2.94. The van der Waals surface area contributed by atoms with E-state index in [2.05, 4.69) is 9.80 Å². The van der Waals surface area contributed by atoms with Gasteiger partial charge >= 0.3 is 0 Å². The Bertz CT molecular complexity index is 595. The van der Waals surface area contributed by atoms with E-state index < -0.39 is 0 Å². The molecule has 0 aliphatic carbocycles. The molecule has 1 heterocycles. The summed E-state index contributed by atoms with van der Waals surface area (Å²) in [6, 6.07) is 17.5. The molecule has 4 heteroatoms. The van der Waals surface area contributed by atoms with Crippen molar-refractivity contribution >= 4 is 5.69 Å². The predicted molar refractivity (Wildman–Crippen MR) is 93.3 cm³/mol. The van der Waals surface area contributed by atoms with Gasteiger partial charge in [0.1, 0.15) is 11.5 Å². The molecule has 1 aliphatic rings. The Balaban J connectivity index is 1.37. The Hall–Kier alpha value is -2.20. The number of nitrogens with zero attached hydrogens (tertiary/aromatic N) is 2. The molecule has 1 fully saturated rings. The molecule has 1 aliphatic heterocycles. The molecule has 0 radical (unpaired) electrons. The molecule has 0 saturated carbocycles. The van der Waals surface area contributed by atoms with Crippen LogP contribution in [-0.4, -0.2) is 49.3 Å². The minimum absolute atomic E-state index is 0.372. The summed E-state index contributed by atoms with van der Waals surface area (Å²) >= 11 is 0. The Morgan fingerprint density at radius 1 is 0.870 bits per heavy atom. The summed E-state index contributed by atoms with van der Waals surface area (Å²) in [4.78, 5) is 4.72. The number of benzene rings is 2. The monoisotopic (exact) mass is 312 g/mol. The van der Waals surface area contributed by atoms with Gasteiger partial charge in [-0.25, -0.2) is 0 Å². The van der Waals surface area contributed by atoms with Crippen LogP contribution in [0, 0.1) is 0 Å². The Labute approximate surface area is 137 Å². The zero-order valence-corrected chi connectivity index (χ0v) is 13.4. The van der Waals surface area contributed by atoms with Crippen molar-refractivity contribution in [3.63, 3.8) is 0 Å². The largest absolute Gasteiger partial charge is 0.506 e. The third kappa shape index (κ3) is 4.39. The smallest absolute Gasteiger partial charge is 0.138 e. The molecule has 0 atom stereocenters. The van der Waals surface area contributed by atoms with Crippen molar-refractivity contribution in [2.45, 2.75) is 6.42 Å². The van der Waals surface area contributed by atoms with Gasteiger partial charge in [-0.3, -0.25) is 4.90 Å². The number of hydrogen-bond donors (Lipinski definition) is 1. The quantitative estimate of drug-likeness (QED) is 0.832. The zero-order valence-electron chi connectivity index (χ0n) is 13.4. The molecule has 0 unspecified atom stereocenters. The minimum atomic E-state index is 0.372. The van der Waals surface area contributed by atoms with Crippen LogP contribution in [0.3, 0.4) is 0 Å². The second-order valence-electron chi connectivity index (χ2n) is 5.83.